The van der Waals surface area contributed by atoms with Gasteiger partial charge in [-0.2, -0.15) is 0 Å². The number of piperidine rings is 1. The van der Waals surface area contributed by atoms with Gasteiger partial charge >= 0.3 is 12.1 Å². The normalized spacial score (nSPS) is 19.6. The lowest BCUT2D eigenvalue weighted by Gasteiger charge is -2.33. The highest BCUT2D eigenvalue weighted by Gasteiger charge is 2.32. The van der Waals surface area contributed by atoms with E-state index in [0.717, 1.165) is 12.8 Å². The fourth-order valence-electron chi connectivity index (χ4n) is 2.16. The van der Waals surface area contributed by atoms with Crippen LogP contribution in [-0.2, 0) is 19.1 Å². The van der Waals surface area contributed by atoms with Crippen LogP contribution in [0, 0.1) is 0 Å². The SMILES string of the molecule is CCOC(=O)NC1CCCN(C(=O)C(N)C(=O)OCC)C1. The summed E-state index contributed by atoms with van der Waals surface area (Å²) in [5, 5.41) is 2.69. The van der Waals surface area contributed by atoms with Crippen molar-refractivity contribution < 1.29 is 23.9 Å². The van der Waals surface area contributed by atoms with Gasteiger partial charge in [-0.1, -0.05) is 0 Å². The zero-order chi connectivity index (χ0) is 15.8. The van der Waals surface area contributed by atoms with Crippen molar-refractivity contribution in [2.24, 2.45) is 5.73 Å². The molecular weight excluding hydrogens is 278 g/mol. The summed E-state index contributed by atoms with van der Waals surface area (Å²) in [6.45, 7) is 4.64. The quantitative estimate of drug-likeness (QED) is 0.528. The average molecular weight is 301 g/mol. The summed E-state index contributed by atoms with van der Waals surface area (Å²) in [5.74, 6) is -1.22. The summed E-state index contributed by atoms with van der Waals surface area (Å²) in [5.41, 5.74) is 5.59. The zero-order valence-corrected chi connectivity index (χ0v) is 12.5. The fraction of sp³-hybridized carbons (Fsp3) is 0.769. The van der Waals surface area contributed by atoms with Crippen LogP contribution in [0.4, 0.5) is 4.79 Å². The van der Waals surface area contributed by atoms with Crippen molar-refractivity contribution in [1.29, 1.82) is 0 Å². The first kappa shape index (κ1) is 17.2. The van der Waals surface area contributed by atoms with Gasteiger partial charge in [0.15, 0.2) is 6.04 Å². The van der Waals surface area contributed by atoms with E-state index in [4.69, 9.17) is 15.2 Å². The third kappa shape index (κ3) is 5.22. The Labute approximate surface area is 123 Å². The Morgan fingerprint density at radius 3 is 2.57 bits per heavy atom. The van der Waals surface area contributed by atoms with Gasteiger partial charge in [0.2, 0.25) is 0 Å². The lowest BCUT2D eigenvalue weighted by Crippen LogP contribution is -2.55. The number of ether oxygens (including phenoxy) is 2. The molecule has 21 heavy (non-hydrogen) atoms. The van der Waals surface area contributed by atoms with Crippen molar-refractivity contribution in [3.05, 3.63) is 0 Å². The molecule has 3 N–H and O–H groups in total. The van der Waals surface area contributed by atoms with Gasteiger partial charge in [-0.15, -0.1) is 0 Å². The van der Waals surface area contributed by atoms with Gasteiger partial charge in [0.25, 0.3) is 5.91 Å². The number of hydrogen-bond acceptors (Lipinski definition) is 6. The largest absolute Gasteiger partial charge is 0.464 e. The second-order valence-electron chi connectivity index (χ2n) is 4.72. The van der Waals surface area contributed by atoms with Crippen LogP contribution in [0.5, 0.6) is 0 Å². The molecule has 0 spiro atoms. The molecule has 1 saturated heterocycles. The maximum absolute atomic E-state index is 12.1. The summed E-state index contributed by atoms with van der Waals surface area (Å²) < 4.78 is 9.54. The Morgan fingerprint density at radius 1 is 1.29 bits per heavy atom. The van der Waals surface area contributed by atoms with E-state index in [1.54, 1.807) is 13.8 Å². The van der Waals surface area contributed by atoms with Gasteiger partial charge in [0.1, 0.15) is 0 Å². The van der Waals surface area contributed by atoms with E-state index >= 15 is 0 Å². The fourth-order valence-corrected chi connectivity index (χ4v) is 2.16. The molecule has 0 aromatic rings. The molecule has 8 heteroatoms. The van der Waals surface area contributed by atoms with Crippen LogP contribution in [-0.4, -0.2) is 61.3 Å². The van der Waals surface area contributed by atoms with Gasteiger partial charge in [-0.05, 0) is 26.7 Å². The third-order valence-corrected chi connectivity index (χ3v) is 3.14. The van der Waals surface area contributed by atoms with Crippen molar-refractivity contribution in [2.45, 2.75) is 38.8 Å². The number of esters is 1. The van der Waals surface area contributed by atoms with Crippen LogP contribution >= 0.6 is 0 Å². The molecule has 1 aliphatic heterocycles. The minimum absolute atomic E-state index is 0.173. The van der Waals surface area contributed by atoms with Gasteiger partial charge in [-0.25, -0.2) is 9.59 Å². The first-order valence-corrected chi connectivity index (χ1v) is 7.13. The number of alkyl carbamates (subject to hydrolysis) is 1. The predicted molar refractivity (Wildman–Crippen MR) is 74.4 cm³/mol. The van der Waals surface area contributed by atoms with Crippen LogP contribution < -0.4 is 11.1 Å². The molecule has 2 unspecified atom stereocenters. The van der Waals surface area contributed by atoms with Crippen LogP contribution in [0.2, 0.25) is 0 Å². The van der Waals surface area contributed by atoms with Gasteiger partial charge in [0, 0.05) is 19.1 Å². The molecule has 1 fully saturated rings. The first-order valence-electron chi connectivity index (χ1n) is 7.13. The average Bonchev–Trinajstić information content (AvgIpc) is 2.46. The summed E-state index contributed by atoms with van der Waals surface area (Å²) in [6, 6.07) is -1.51. The molecule has 8 nitrogen and oxygen atoms in total. The number of amides is 2. The second kappa shape index (κ2) is 8.46. The van der Waals surface area contributed by atoms with E-state index in [1.807, 2.05) is 0 Å². The number of nitrogens with zero attached hydrogens (tertiary/aromatic N) is 1. The number of nitrogens with one attached hydrogen (secondary N) is 1. The van der Waals surface area contributed by atoms with Crippen LogP contribution in [0.25, 0.3) is 0 Å². The molecule has 0 radical (unpaired) electrons. The van der Waals surface area contributed by atoms with E-state index in [1.165, 1.54) is 4.90 Å². The van der Waals surface area contributed by atoms with Gasteiger partial charge in [0.05, 0.1) is 13.2 Å². The van der Waals surface area contributed by atoms with Crippen molar-refractivity contribution in [1.82, 2.24) is 10.2 Å². The Balaban J connectivity index is 2.53. The highest BCUT2D eigenvalue weighted by molar-refractivity contribution is 6.01. The van der Waals surface area contributed by atoms with Crippen LogP contribution in [0.1, 0.15) is 26.7 Å². The summed E-state index contributed by atoms with van der Waals surface area (Å²) >= 11 is 0. The highest BCUT2D eigenvalue weighted by atomic mass is 16.5. The Kier molecular flexibility index (Phi) is 6.93. The van der Waals surface area contributed by atoms with E-state index < -0.39 is 24.0 Å². The number of nitrogens with two attached hydrogens (primary N) is 1. The topological polar surface area (TPSA) is 111 Å². The molecule has 0 aromatic carbocycles. The molecule has 0 aromatic heterocycles. The number of likely N-dealkylation sites (tertiary alicyclic amines) is 1. The van der Waals surface area contributed by atoms with E-state index in [9.17, 15) is 14.4 Å². The maximum atomic E-state index is 12.1. The van der Waals surface area contributed by atoms with Crippen molar-refractivity contribution in [2.75, 3.05) is 26.3 Å². The molecule has 0 aliphatic carbocycles. The standard InChI is InChI=1S/C13H23N3O5/c1-3-20-12(18)10(14)11(17)16-7-5-6-9(8-16)15-13(19)21-4-2/h9-10H,3-8,14H2,1-2H3,(H,15,19). The van der Waals surface area contributed by atoms with E-state index in [2.05, 4.69) is 5.32 Å². The summed E-state index contributed by atoms with van der Waals surface area (Å²) in [4.78, 5) is 36.5. The lowest BCUT2D eigenvalue weighted by atomic mass is 10.0. The van der Waals surface area contributed by atoms with Crippen molar-refractivity contribution in [3.8, 4) is 0 Å². The van der Waals surface area contributed by atoms with E-state index in [0.29, 0.717) is 13.1 Å². The molecule has 120 valence electrons. The Morgan fingerprint density at radius 2 is 1.95 bits per heavy atom. The minimum atomic E-state index is -1.31. The number of hydrogen-bond donors (Lipinski definition) is 2. The molecule has 1 heterocycles. The predicted octanol–water partition coefficient (Wildman–Crippen LogP) is -0.386. The van der Waals surface area contributed by atoms with Gasteiger partial charge in [-0.3, -0.25) is 4.79 Å². The first-order chi connectivity index (χ1) is 9.99. The van der Waals surface area contributed by atoms with Crippen molar-refractivity contribution >= 4 is 18.0 Å². The molecule has 1 rings (SSSR count). The number of carbonyl (C=O) groups excluding carboxylic acids is 3. The number of rotatable bonds is 5. The smallest absolute Gasteiger partial charge is 0.407 e. The maximum Gasteiger partial charge on any atom is 0.407 e. The molecular formula is C13H23N3O5. The lowest BCUT2D eigenvalue weighted by molar-refractivity contribution is -0.151. The van der Waals surface area contributed by atoms with Crippen LogP contribution in [0.3, 0.4) is 0 Å². The Bertz CT molecular complexity index is 388. The zero-order valence-electron chi connectivity index (χ0n) is 12.5. The molecule has 1 aliphatic rings. The van der Waals surface area contributed by atoms with E-state index in [-0.39, 0.29) is 19.3 Å². The summed E-state index contributed by atoms with van der Waals surface area (Å²) in [7, 11) is 0. The molecule has 0 saturated carbocycles. The molecule has 2 atom stereocenters. The van der Waals surface area contributed by atoms with Crippen LogP contribution in [0.15, 0.2) is 0 Å². The highest BCUT2D eigenvalue weighted by Crippen LogP contribution is 2.11. The van der Waals surface area contributed by atoms with Crippen molar-refractivity contribution in [3.63, 3.8) is 0 Å². The summed E-state index contributed by atoms with van der Waals surface area (Å²) in [6.07, 6.45) is 0.960. The van der Waals surface area contributed by atoms with Gasteiger partial charge < -0.3 is 25.4 Å². The minimum Gasteiger partial charge on any atom is -0.464 e. The Hall–Kier alpha value is -1.83. The molecule has 2 amide bonds. The second-order valence-corrected chi connectivity index (χ2v) is 4.72. The molecule has 0 bridgehead atoms. The number of carbonyl (C=O) groups is 3. The third-order valence-electron chi connectivity index (χ3n) is 3.14. The monoisotopic (exact) mass is 301 g/mol.